The Hall–Kier alpha value is -0.870. The number of rotatable bonds is 3. The molecule has 1 saturated heterocycles. The number of carbonyl (C=O) groups is 1. The van der Waals surface area contributed by atoms with E-state index in [4.69, 9.17) is 0 Å². The number of nitrogens with one attached hydrogen (secondary N) is 2. The van der Waals surface area contributed by atoms with Crippen LogP contribution in [0.4, 0.5) is 0 Å². The molecule has 1 aromatic rings. The third-order valence-corrected chi connectivity index (χ3v) is 3.75. The molecule has 15 heavy (non-hydrogen) atoms. The maximum absolute atomic E-state index is 11.9. The van der Waals surface area contributed by atoms with E-state index in [-0.39, 0.29) is 11.4 Å². The molecule has 0 radical (unpaired) electrons. The Kier molecular flexibility index (Phi) is 3.07. The second-order valence-electron chi connectivity index (χ2n) is 4.12. The van der Waals surface area contributed by atoms with Crippen molar-refractivity contribution in [1.29, 1.82) is 0 Å². The summed E-state index contributed by atoms with van der Waals surface area (Å²) in [6, 6.07) is 4.04. The van der Waals surface area contributed by atoms with Gasteiger partial charge in [0.05, 0.1) is 12.1 Å². The zero-order chi connectivity index (χ0) is 10.7. The predicted molar refractivity (Wildman–Crippen MR) is 61.8 cm³/mol. The lowest BCUT2D eigenvalue weighted by Crippen LogP contribution is -2.50. The van der Waals surface area contributed by atoms with Crippen molar-refractivity contribution in [3.05, 3.63) is 22.4 Å². The third kappa shape index (κ3) is 2.38. The average Bonchev–Trinajstić information content (AvgIpc) is 2.85. The van der Waals surface area contributed by atoms with Crippen LogP contribution in [-0.4, -0.2) is 18.0 Å². The van der Waals surface area contributed by atoms with Gasteiger partial charge in [-0.3, -0.25) is 4.79 Å². The van der Waals surface area contributed by atoms with Crippen LogP contribution < -0.4 is 10.6 Å². The Morgan fingerprint density at radius 1 is 1.73 bits per heavy atom. The summed E-state index contributed by atoms with van der Waals surface area (Å²) in [5.74, 6) is 0.119. The molecule has 2 N–H and O–H groups in total. The van der Waals surface area contributed by atoms with Gasteiger partial charge in [0.25, 0.3) is 0 Å². The number of hydrogen-bond acceptors (Lipinski definition) is 3. The minimum absolute atomic E-state index is 0.119. The molecular formula is C11H16N2OS. The Balaban J connectivity index is 1.87. The summed E-state index contributed by atoms with van der Waals surface area (Å²) >= 11 is 1.67. The molecule has 0 aliphatic carbocycles. The largest absolute Gasteiger partial charge is 0.350 e. The summed E-state index contributed by atoms with van der Waals surface area (Å²) in [5.41, 5.74) is -0.350. The van der Waals surface area contributed by atoms with Crippen LogP contribution in [0.5, 0.6) is 0 Å². The zero-order valence-electron chi connectivity index (χ0n) is 8.88. The summed E-state index contributed by atoms with van der Waals surface area (Å²) in [5, 5.41) is 8.26. The van der Waals surface area contributed by atoms with E-state index >= 15 is 0 Å². The van der Waals surface area contributed by atoms with E-state index in [9.17, 15) is 4.79 Å². The van der Waals surface area contributed by atoms with Gasteiger partial charge >= 0.3 is 0 Å². The van der Waals surface area contributed by atoms with Crippen molar-refractivity contribution in [2.75, 3.05) is 6.54 Å². The monoisotopic (exact) mass is 224 g/mol. The van der Waals surface area contributed by atoms with Crippen LogP contribution in [0, 0.1) is 0 Å². The number of hydrogen-bond donors (Lipinski definition) is 2. The van der Waals surface area contributed by atoms with Gasteiger partial charge in [-0.2, -0.15) is 0 Å². The van der Waals surface area contributed by atoms with Gasteiger partial charge in [-0.15, -0.1) is 11.3 Å². The molecule has 3 nitrogen and oxygen atoms in total. The van der Waals surface area contributed by atoms with E-state index in [2.05, 4.69) is 10.6 Å². The van der Waals surface area contributed by atoms with Gasteiger partial charge in [-0.05, 0) is 37.8 Å². The van der Waals surface area contributed by atoms with Crippen molar-refractivity contribution in [3.8, 4) is 0 Å². The molecule has 2 heterocycles. The number of carbonyl (C=O) groups excluding carboxylic acids is 1. The first-order valence-electron chi connectivity index (χ1n) is 5.26. The first-order chi connectivity index (χ1) is 7.21. The Morgan fingerprint density at radius 2 is 2.60 bits per heavy atom. The summed E-state index contributed by atoms with van der Waals surface area (Å²) in [6.45, 7) is 3.57. The van der Waals surface area contributed by atoms with Crippen molar-refractivity contribution < 1.29 is 4.79 Å². The molecule has 0 saturated carbocycles. The van der Waals surface area contributed by atoms with Crippen LogP contribution in [0.3, 0.4) is 0 Å². The van der Waals surface area contributed by atoms with Gasteiger partial charge in [-0.25, -0.2) is 0 Å². The SMILES string of the molecule is CC1(C(=O)NCc2cccs2)CCCN1. The van der Waals surface area contributed by atoms with Crippen LogP contribution in [0.25, 0.3) is 0 Å². The van der Waals surface area contributed by atoms with Crippen LogP contribution in [0.15, 0.2) is 17.5 Å². The second-order valence-corrected chi connectivity index (χ2v) is 5.16. The molecule has 0 spiro atoms. The minimum Gasteiger partial charge on any atom is -0.350 e. The van der Waals surface area contributed by atoms with Gasteiger partial charge in [0.1, 0.15) is 0 Å². The molecule has 1 aliphatic rings. The smallest absolute Gasteiger partial charge is 0.240 e. The van der Waals surface area contributed by atoms with E-state index in [1.807, 2.05) is 24.4 Å². The molecule has 0 aromatic carbocycles. The fraction of sp³-hybridized carbons (Fsp3) is 0.545. The Morgan fingerprint density at radius 3 is 3.20 bits per heavy atom. The van der Waals surface area contributed by atoms with Crippen molar-refractivity contribution in [2.24, 2.45) is 0 Å². The van der Waals surface area contributed by atoms with E-state index in [0.29, 0.717) is 6.54 Å². The van der Waals surface area contributed by atoms with E-state index in [0.717, 1.165) is 19.4 Å². The summed E-state index contributed by atoms with van der Waals surface area (Å²) in [6.07, 6.45) is 2.02. The van der Waals surface area contributed by atoms with Crippen LogP contribution in [0.2, 0.25) is 0 Å². The molecule has 0 bridgehead atoms. The van der Waals surface area contributed by atoms with Gasteiger partial charge in [0.15, 0.2) is 0 Å². The molecule has 1 unspecified atom stereocenters. The summed E-state index contributed by atoms with van der Waals surface area (Å²) in [7, 11) is 0. The zero-order valence-corrected chi connectivity index (χ0v) is 9.69. The highest BCUT2D eigenvalue weighted by Crippen LogP contribution is 2.18. The quantitative estimate of drug-likeness (QED) is 0.817. The van der Waals surface area contributed by atoms with Crippen LogP contribution >= 0.6 is 11.3 Å². The van der Waals surface area contributed by atoms with E-state index < -0.39 is 0 Å². The first kappa shape index (κ1) is 10.6. The highest BCUT2D eigenvalue weighted by atomic mass is 32.1. The molecular weight excluding hydrogens is 208 g/mol. The molecule has 4 heteroatoms. The molecule has 2 rings (SSSR count). The molecule has 1 amide bonds. The molecule has 82 valence electrons. The minimum atomic E-state index is -0.350. The van der Waals surface area contributed by atoms with Gasteiger partial charge in [0, 0.05) is 4.88 Å². The first-order valence-corrected chi connectivity index (χ1v) is 6.14. The Bertz CT molecular complexity index is 328. The van der Waals surface area contributed by atoms with Crippen molar-refractivity contribution in [2.45, 2.75) is 31.8 Å². The average molecular weight is 224 g/mol. The summed E-state index contributed by atoms with van der Waals surface area (Å²) in [4.78, 5) is 13.1. The van der Waals surface area contributed by atoms with Gasteiger partial charge in [0.2, 0.25) is 5.91 Å². The molecule has 1 aromatic heterocycles. The van der Waals surface area contributed by atoms with Crippen molar-refractivity contribution in [3.63, 3.8) is 0 Å². The van der Waals surface area contributed by atoms with E-state index in [1.54, 1.807) is 11.3 Å². The predicted octanol–water partition coefficient (Wildman–Crippen LogP) is 1.51. The van der Waals surface area contributed by atoms with Gasteiger partial charge in [-0.1, -0.05) is 6.07 Å². The lowest BCUT2D eigenvalue weighted by atomic mass is 9.99. The topological polar surface area (TPSA) is 41.1 Å². The molecule has 1 fully saturated rings. The fourth-order valence-electron chi connectivity index (χ4n) is 1.86. The maximum atomic E-state index is 11.9. The highest BCUT2D eigenvalue weighted by Gasteiger charge is 2.35. The Labute approximate surface area is 93.9 Å². The molecule has 1 aliphatic heterocycles. The maximum Gasteiger partial charge on any atom is 0.240 e. The molecule has 1 atom stereocenters. The standard InChI is InChI=1S/C11H16N2OS/c1-11(5-3-6-13-11)10(14)12-8-9-4-2-7-15-9/h2,4,7,13H,3,5-6,8H2,1H3,(H,12,14). The summed E-state index contributed by atoms with van der Waals surface area (Å²) < 4.78 is 0. The number of thiophene rings is 1. The van der Waals surface area contributed by atoms with E-state index in [1.165, 1.54) is 4.88 Å². The van der Waals surface area contributed by atoms with Crippen LogP contribution in [0.1, 0.15) is 24.6 Å². The van der Waals surface area contributed by atoms with Crippen molar-refractivity contribution in [1.82, 2.24) is 10.6 Å². The third-order valence-electron chi connectivity index (χ3n) is 2.87. The second kappa shape index (κ2) is 4.33. The number of amides is 1. The van der Waals surface area contributed by atoms with Crippen LogP contribution in [-0.2, 0) is 11.3 Å². The van der Waals surface area contributed by atoms with Gasteiger partial charge < -0.3 is 10.6 Å². The lowest BCUT2D eigenvalue weighted by molar-refractivity contribution is -0.126. The highest BCUT2D eigenvalue weighted by molar-refractivity contribution is 7.09. The fourth-order valence-corrected chi connectivity index (χ4v) is 2.51. The van der Waals surface area contributed by atoms with Crippen molar-refractivity contribution >= 4 is 17.2 Å². The normalized spacial score (nSPS) is 25.4. The lowest BCUT2D eigenvalue weighted by Gasteiger charge is -2.22.